The lowest BCUT2D eigenvalue weighted by molar-refractivity contribution is 0.240. The number of hydrogen-bond donors (Lipinski definition) is 2. The van der Waals surface area contributed by atoms with Crippen molar-refractivity contribution in [1.82, 2.24) is 10.6 Å². The standard InChI is InChI=1S/C12H22N2O/c15-11-13-10-12(14-11)8-6-4-2-1-3-5-7-9-12/h1-10H2,(H2,13,14,15). The predicted octanol–water partition coefficient (Wildman–Crippen LogP) is 2.56. The van der Waals surface area contributed by atoms with Crippen LogP contribution in [0.2, 0.25) is 0 Å². The maximum absolute atomic E-state index is 11.2. The lowest BCUT2D eigenvalue weighted by Crippen LogP contribution is -2.43. The molecule has 86 valence electrons. The molecule has 1 heterocycles. The van der Waals surface area contributed by atoms with Gasteiger partial charge in [-0.3, -0.25) is 0 Å². The molecule has 15 heavy (non-hydrogen) atoms. The molecule has 1 spiro atoms. The third-order valence-electron chi connectivity index (χ3n) is 3.78. The minimum absolute atomic E-state index is 0.0343. The highest BCUT2D eigenvalue weighted by Crippen LogP contribution is 2.26. The summed E-state index contributed by atoms with van der Waals surface area (Å²) in [5.74, 6) is 0. The quantitative estimate of drug-likeness (QED) is 0.634. The number of nitrogens with one attached hydrogen (secondary N) is 2. The summed E-state index contributed by atoms with van der Waals surface area (Å²) in [6, 6.07) is 0.0343. The summed E-state index contributed by atoms with van der Waals surface area (Å²) in [4.78, 5) is 11.2. The number of carbonyl (C=O) groups excluding carboxylic acids is 1. The second-order valence-corrected chi connectivity index (χ2v) is 5.06. The van der Waals surface area contributed by atoms with Crippen molar-refractivity contribution in [1.29, 1.82) is 0 Å². The molecule has 2 amide bonds. The van der Waals surface area contributed by atoms with Gasteiger partial charge in [-0.1, -0.05) is 44.9 Å². The van der Waals surface area contributed by atoms with Crippen molar-refractivity contribution >= 4 is 6.03 Å². The summed E-state index contributed by atoms with van der Waals surface area (Å²) in [7, 11) is 0. The summed E-state index contributed by atoms with van der Waals surface area (Å²) >= 11 is 0. The molecule has 0 radical (unpaired) electrons. The van der Waals surface area contributed by atoms with Gasteiger partial charge in [-0.05, 0) is 12.8 Å². The summed E-state index contributed by atoms with van der Waals surface area (Å²) in [5, 5.41) is 6.05. The number of amides is 2. The van der Waals surface area contributed by atoms with E-state index in [2.05, 4.69) is 10.6 Å². The zero-order valence-corrected chi connectivity index (χ0v) is 9.48. The molecule has 2 aliphatic rings. The zero-order valence-electron chi connectivity index (χ0n) is 9.48. The molecule has 0 bridgehead atoms. The van der Waals surface area contributed by atoms with Crippen LogP contribution in [0.1, 0.15) is 57.8 Å². The van der Waals surface area contributed by atoms with Crippen LogP contribution in [0.15, 0.2) is 0 Å². The Morgan fingerprint density at radius 3 is 1.87 bits per heavy atom. The van der Waals surface area contributed by atoms with Crippen LogP contribution in [0.4, 0.5) is 4.79 Å². The van der Waals surface area contributed by atoms with E-state index in [0.29, 0.717) is 0 Å². The van der Waals surface area contributed by atoms with Crippen LogP contribution in [0.5, 0.6) is 0 Å². The lowest BCUT2D eigenvalue weighted by Gasteiger charge is -2.28. The summed E-state index contributed by atoms with van der Waals surface area (Å²) in [6.07, 6.45) is 11.7. The molecule has 1 saturated heterocycles. The smallest absolute Gasteiger partial charge is 0.315 e. The van der Waals surface area contributed by atoms with Crippen LogP contribution < -0.4 is 10.6 Å². The van der Waals surface area contributed by atoms with Crippen LogP contribution in [-0.2, 0) is 0 Å². The van der Waals surface area contributed by atoms with E-state index in [0.717, 1.165) is 19.4 Å². The second-order valence-electron chi connectivity index (χ2n) is 5.06. The van der Waals surface area contributed by atoms with Gasteiger partial charge in [-0.25, -0.2) is 4.79 Å². The summed E-state index contributed by atoms with van der Waals surface area (Å²) in [5.41, 5.74) is 0.0917. The van der Waals surface area contributed by atoms with E-state index in [9.17, 15) is 4.79 Å². The molecular formula is C12H22N2O. The molecule has 2 N–H and O–H groups in total. The van der Waals surface area contributed by atoms with Gasteiger partial charge in [-0.2, -0.15) is 0 Å². The van der Waals surface area contributed by atoms with Crippen LogP contribution in [-0.4, -0.2) is 18.1 Å². The summed E-state index contributed by atoms with van der Waals surface area (Å²) < 4.78 is 0. The maximum atomic E-state index is 11.2. The minimum atomic E-state index is 0.0343. The Morgan fingerprint density at radius 1 is 0.867 bits per heavy atom. The van der Waals surface area contributed by atoms with E-state index >= 15 is 0 Å². The molecule has 0 atom stereocenters. The Kier molecular flexibility index (Phi) is 3.49. The topological polar surface area (TPSA) is 41.1 Å². The molecule has 1 aliphatic heterocycles. The highest BCUT2D eigenvalue weighted by Gasteiger charge is 2.36. The molecule has 0 aromatic heterocycles. The second kappa shape index (κ2) is 4.86. The number of urea groups is 1. The molecule has 1 saturated carbocycles. The van der Waals surface area contributed by atoms with Crippen molar-refractivity contribution < 1.29 is 4.79 Å². The Labute approximate surface area is 92.0 Å². The molecule has 3 nitrogen and oxygen atoms in total. The van der Waals surface area contributed by atoms with E-state index in [1.807, 2.05) is 0 Å². The SMILES string of the molecule is O=C1NCC2(CCCCCCCCC2)N1. The van der Waals surface area contributed by atoms with Gasteiger partial charge in [0.05, 0.1) is 5.54 Å². The first-order valence-corrected chi connectivity index (χ1v) is 6.37. The van der Waals surface area contributed by atoms with E-state index in [-0.39, 0.29) is 11.6 Å². The molecule has 0 aromatic rings. The van der Waals surface area contributed by atoms with Crippen LogP contribution in [0.3, 0.4) is 0 Å². The molecular weight excluding hydrogens is 188 g/mol. The maximum Gasteiger partial charge on any atom is 0.315 e. The van der Waals surface area contributed by atoms with Gasteiger partial charge in [0.1, 0.15) is 0 Å². The largest absolute Gasteiger partial charge is 0.336 e. The van der Waals surface area contributed by atoms with Gasteiger partial charge in [-0.15, -0.1) is 0 Å². The van der Waals surface area contributed by atoms with Gasteiger partial charge in [0.25, 0.3) is 0 Å². The number of carbonyl (C=O) groups is 1. The Hall–Kier alpha value is -0.730. The van der Waals surface area contributed by atoms with Crippen molar-refractivity contribution in [2.45, 2.75) is 63.3 Å². The Morgan fingerprint density at radius 2 is 1.40 bits per heavy atom. The fourth-order valence-corrected chi connectivity index (χ4v) is 2.82. The van der Waals surface area contributed by atoms with E-state index < -0.39 is 0 Å². The van der Waals surface area contributed by atoms with Crippen molar-refractivity contribution in [2.24, 2.45) is 0 Å². The van der Waals surface area contributed by atoms with E-state index in [4.69, 9.17) is 0 Å². The van der Waals surface area contributed by atoms with Crippen molar-refractivity contribution in [3.05, 3.63) is 0 Å². The average molecular weight is 210 g/mol. The van der Waals surface area contributed by atoms with Gasteiger partial charge in [0, 0.05) is 6.54 Å². The van der Waals surface area contributed by atoms with Crippen LogP contribution >= 0.6 is 0 Å². The van der Waals surface area contributed by atoms with Gasteiger partial charge in [0.15, 0.2) is 0 Å². The highest BCUT2D eigenvalue weighted by atomic mass is 16.2. The van der Waals surface area contributed by atoms with Crippen molar-refractivity contribution in [3.8, 4) is 0 Å². The predicted molar refractivity (Wildman–Crippen MR) is 60.8 cm³/mol. The van der Waals surface area contributed by atoms with E-state index in [1.165, 1.54) is 44.9 Å². The van der Waals surface area contributed by atoms with Crippen LogP contribution in [0.25, 0.3) is 0 Å². The average Bonchev–Trinajstić information content (AvgIpc) is 2.59. The van der Waals surface area contributed by atoms with E-state index in [1.54, 1.807) is 0 Å². The first-order chi connectivity index (χ1) is 7.31. The monoisotopic (exact) mass is 210 g/mol. The third kappa shape index (κ3) is 2.86. The number of rotatable bonds is 0. The summed E-state index contributed by atoms with van der Waals surface area (Å²) in [6.45, 7) is 0.839. The third-order valence-corrected chi connectivity index (χ3v) is 3.78. The van der Waals surface area contributed by atoms with Crippen LogP contribution in [0, 0.1) is 0 Å². The number of hydrogen-bond acceptors (Lipinski definition) is 1. The molecule has 3 heteroatoms. The Bertz CT molecular complexity index is 218. The fourth-order valence-electron chi connectivity index (χ4n) is 2.82. The van der Waals surface area contributed by atoms with Gasteiger partial charge in [0.2, 0.25) is 0 Å². The Balaban J connectivity index is 1.92. The van der Waals surface area contributed by atoms with Gasteiger partial charge < -0.3 is 10.6 Å². The van der Waals surface area contributed by atoms with Crippen molar-refractivity contribution in [2.75, 3.05) is 6.54 Å². The molecule has 1 aliphatic carbocycles. The lowest BCUT2D eigenvalue weighted by atomic mass is 9.86. The normalized spacial score (nSPS) is 27.1. The fraction of sp³-hybridized carbons (Fsp3) is 0.917. The molecule has 2 fully saturated rings. The molecule has 2 rings (SSSR count). The first kappa shape index (κ1) is 10.8. The minimum Gasteiger partial charge on any atom is -0.336 e. The molecule has 0 unspecified atom stereocenters. The highest BCUT2D eigenvalue weighted by molar-refractivity contribution is 5.77. The zero-order chi connectivity index (χ0) is 10.6. The van der Waals surface area contributed by atoms with Gasteiger partial charge >= 0.3 is 6.03 Å². The molecule has 0 aromatic carbocycles. The van der Waals surface area contributed by atoms with Crippen molar-refractivity contribution in [3.63, 3.8) is 0 Å². The first-order valence-electron chi connectivity index (χ1n) is 6.37.